The van der Waals surface area contributed by atoms with Crippen molar-refractivity contribution in [1.82, 2.24) is 4.90 Å². The molecule has 15 heavy (non-hydrogen) atoms. The Morgan fingerprint density at radius 1 is 1.53 bits per heavy atom. The molecule has 0 aromatic heterocycles. The van der Waals surface area contributed by atoms with E-state index in [4.69, 9.17) is 18.0 Å². The SMILES string of the molecule is CC(CN1CCC(C(C)(C)C)C1)C(N)=S. The Labute approximate surface area is 99.2 Å². The number of nitrogens with zero attached hydrogens (tertiary/aromatic N) is 1. The van der Waals surface area contributed by atoms with E-state index in [1.807, 2.05) is 0 Å². The number of nitrogens with two attached hydrogens (primary N) is 1. The number of thiocarbonyl (C=S) groups is 1. The summed E-state index contributed by atoms with van der Waals surface area (Å²) in [7, 11) is 0. The average molecular weight is 228 g/mol. The van der Waals surface area contributed by atoms with Crippen LogP contribution in [0, 0.1) is 17.3 Å². The largest absolute Gasteiger partial charge is 0.393 e. The van der Waals surface area contributed by atoms with Gasteiger partial charge in [-0.3, -0.25) is 0 Å². The van der Waals surface area contributed by atoms with Gasteiger partial charge in [0.2, 0.25) is 0 Å². The molecule has 1 aliphatic heterocycles. The summed E-state index contributed by atoms with van der Waals surface area (Å²) in [6.07, 6.45) is 1.31. The van der Waals surface area contributed by atoms with Crippen LogP contribution in [-0.2, 0) is 0 Å². The minimum atomic E-state index is 0.346. The summed E-state index contributed by atoms with van der Waals surface area (Å²) in [6.45, 7) is 12.6. The molecule has 1 aliphatic rings. The number of hydrogen-bond acceptors (Lipinski definition) is 2. The summed E-state index contributed by atoms with van der Waals surface area (Å²) < 4.78 is 0. The molecule has 2 unspecified atom stereocenters. The van der Waals surface area contributed by atoms with Gasteiger partial charge in [0.25, 0.3) is 0 Å². The Bertz CT molecular complexity index is 232. The van der Waals surface area contributed by atoms with Crippen molar-refractivity contribution in [2.24, 2.45) is 23.0 Å². The number of likely N-dealkylation sites (tertiary alicyclic amines) is 1. The van der Waals surface area contributed by atoms with Crippen LogP contribution in [-0.4, -0.2) is 29.5 Å². The minimum absolute atomic E-state index is 0.346. The summed E-state index contributed by atoms with van der Waals surface area (Å²) in [5.74, 6) is 1.16. The molecule has 0 spiro atoms. The molecule has 0 saturated carbocycles. The summed E-state index contributed by atoms with van der Waals surface area (Å²) in [6, 6.07) is 0. The highest BCUT2D eigenvalue weighted by molar-refractivity contribution is 7.80. The Morgan fingerprint density at radius 2 is 2.13 bits per heavy atom. The van der Waals surface area contributed by atoms with Gasteiger partial charge in [-0.1, -0.05) is 39.9 Å². The second-order valence-electron chi connectivity index (χ2n) is 5.91. The predicted molar refractivity (Wildman–Crippen MR) is 70.0 cm³/mol. The average Bonchev–Trinajstić information content (AvgIpc) is 2.51. The first-order valence-electron chi connectivity index (χ1n) is 5.82. The molecule has 0 amide bonds. The third-order valence-electron chi connectivity index (χ3n) is 3.51. The van der Waals surface area contributed by atoms with Gasteiger partial charge in [0, 0.05) is 19.0 Å². The number of rotatable bonds is 3. The molecule has 1 fully saturated rings. The van der Waals surface area contributed by atoms with Crippen LogP contribution in [0.4, 0.5) is 0 Å². The van der Waals surface area contributed by atoms with Crippen molar-refractivity contribution in [2.75, 3.05) is 19.6 Å². The van der Waals surface area contributed by atoms with E-state index < -0.39 is 0 Å². The maximum absolute atomic E-state index is 5.64. The second kappa shape index (κ2) is 4.79. The fourth-order valence-electron chi connectivity index (χ4n) is 2.18. The van der Waals surface area contributed by atoms with Crippen LogP contribution >= 0.6 is 12.2 Å². The second-order valence-corrected chi connectivity index (χ2v) is 6.39. The molecule has 0 aromatic rings. The first-order valence-corrected chi connectivity index (χ1v) is 6.23. The van der Waals surface area contributed by atoms with Crippen LogP contribution < -0.4 is 5.73 Å². The molecule has 0 aromatic carbocycles. The van der Waals surface area contributed by atoms with E-state index in [0.717, 1.165) is 12.5 Å². The molecule has 88 valence electrons. The summed E-state index contributed by atoms with van der Waals surface area (Å²) in [4.78, 5) is 3.15. The molecule has 2 nitrogen and oxygen atoms in total. The quantitative estimate of drug-likeness (QED) is 0.752. The van der Waals surface area contributed by atoms with E-state index in [1.165, 1.54) is 19.5 Å². The smallest absolute Gasteiger partial charge is 0.0768 e. The molecule has 1 heterocycles. The lowest BCUT2D eigenvalue weighted by atomic mass is 9.80. The highest BCUT2D eigenvalue weighted by Crippen LogP contribution is 2.33. The minimum Gasteiger partial charge on any atom is -0.393 e. The lowest BCUT2D eigenvalue weighted by molar-refractivity contribution is 0.225. The van der Waals surface area contributed by atoms with Crippen molar-refractivity contribution in [3.05, 3.63) is 0 Å². The van der Waals surface area contributed by atoms with Crippen molar-refractivity contribution in [2.45, 2.75) is 34.1 Å². The van der Waals surface area contributed by atoms with Crippen molar-refractivity contribution < 1.29 is 0 Å². The van der Waals surface area contributed by atoms with Crippen LogP contribution in [0.1, 0.15) is 34.1 Å². The van der Waals surface area contributed by atoms with Gasteiger partial charge in [-0.25, -0.2) is 0 Å². The zero-order chi connectivity index (χ0) is 11.6. The maximum atomic E-state index is 5.64. The lowest BCUT2D eigenvalue weighted by Gasteiger charge is -2.27. The molecule has 0 aliphatic carbocycles. The molecule has 1 saturated heterocycles. The van der Waals surface area contributed by atoms with E-state index in [9.17, 15) is 0 Å². The van der Waals surface area contributed by atoms with Gasteiger partial charge in [-0.05, 0) is 24.3 Å². The van der Waals surface area contributed by atoms with Gasteiger partial charge in [0.15, 0.2) is 0 Å². The summed E-state index contributed by atoms with van der Waals surface area (Å²) >= 11 is 5.01. The van der Waals surface area contributed by atoms with E-state index >= 15 is 0 Å². The molecular weight excluding hydrogens is 204 g/mol. The lowest BCUT2D eigenvalue weighted by Crippen LogP contribution is -2.33. The van der Waals surface area contributed by atoms with Gasteiger partial charge in [0.1, 0.15) is 0 Å². The summed E-state index contributed by atoms with van der Waals surface area (Å²) in [5, 5.41) is 0. The van der Waals surface area contributed by atoms with E-state index in [1.54, 1.807) is 0 Å². The third-order valence-corrected chi connectivity index (χ3v) is 3.92. The highest BCUT2D eigenvalue weighted by Gasteiger charge is 2.32. The van der Waals surface area contributed by atoms with Gasteiger partial charge in [0.05, 0.1) is 4.99 Å². The first kappa shape index (κ1) is 12.9. The van der Waals surface area contributed by atoms with Gasteiger partial charge < -0.3 is 10.6 Å². The fourth-order valence-corrected chi connectivity index (χ4v) is 2.26. The van der Waals surface area contributed by atoms with Crippen LogP contribution in [0.5, 0.6) is 0 Å². The third kappa shape index (κ3) is 3.72. The molecule has 2 atom stereocenters. The Morgan fingerprint density at radius 3 is 2.53 bits per heavy atom. The number of hydrogen-bond donors (Lipinski definition) is 1. The maximum Gasteiger partial charge on any atom is 0.0768 e. The van der Waals surface area contributed by atoms with Crippen molar-refractivity contribution in [3.8, 4) is 0 Å². The normalized spacial score (nSPS) is 25.5. The first-order chi connectivity index (χ1) is 6.80. The van der Waals surface area contributed by atoms with E-state index in [-0.39, 0.29) is 0 Å². The Balaban J connectivity index is 2.40. The molecule has 3 heteroatoms. The van der Waals surface area contributed by atoms with Crippen LogP contribution in [0.3, 0.4) is 0 Å². The molecule has 1 rings (SSSR count). The van der Waals surface area contributed by atoms with Crippen LogP contribution in [0.15, 0.2) is 0 Å². The highest BCUT2D eigenvalue weighted by atomic mass is 32.1. The van der Waals surface area contributed by atoms with E-state index in [2.05, 4.69) is 32.6 Å². The Kier molecular flexibility index (Phi) is 4.13. The van der Waals surface area contributed by atoms with Crippen LogP contribution in [0.2, 0.25) is 0 Å². The topological polar surface area (TPSA) is 29.3 Å². The van der Waals surface area contributed by atoms with Gasteiger partial charge in [-0.2, -0.15) is 0 Å². The summed E-state index contributed by atoms with van der Waals surface area (Å²) in [5.41, 5.74) is 6.07. The zero-order valence-corrected chi connectivity index (χ0v) is 11.2. The van der Waals surface area contributed by atoms with Crippen molar-refractivity contribution in [1.29, 1.82) is 0 Å². The van der Waals surface area contributed by atoms with E-state index in [0.29, 0.717) is 16.3 Å². The van der Waals surface area contributed by atoms with Crippen molar-refractivity contribution >= 4 is 17.2 Å². The van der Waals surface area contributed by atoms with Gasteiger partial charge in [-0.15, -0.1) is 0 Å². The Hall–Kier alpha value is -0.150. The monoisotopic (exact) mass is 228 g/mol. The molecule has 0 radical (unpaired) electrons. The molecule has 0 bridgehead atoms. The van der Waals surface area contributed by atoms with Crippen LogP contribution in [0.25, 0.3) is 0 Å². The van der Waals surface area contributed by atoms with Crippen molar-refractivity contribution in [3.63, 3.8) is 0 Å². The predicted octanol–water partition coefficient (Wildman–Crippen LogP) is 2.28. The van der Waals surface area contributed by atoms with Gasteiger partial charge >= 0.3 is 0 Å². The fraction of sp³-hybridized carbons (Fsp3) is 0.917. The molecule has 2 N–H and O–H groups in total. The zero-order valence-electron chi connectivity index (χ0n) is 10.4. The standard InChI is InChI=1S/C12H24N2S/c1-9(11(13)15)7-14-6-5-10(8-14)12(2,3)4/h9-10H,5-8H2,1-4H3,(H2,13,15). The molecular formula is C12H24N2S.